The second-order valence-corrected chi connectivity index (χ2v) is 11.1. The smallest absolute Gasteiger partial charge is 0.483 e. The first-order chi connectivity index (χ1) is 24.4. The van der Waals surface area contributed by atoms with Gasteiger partial charge in [0.2, 0.25) is 0 Å². The van der Waals surface area contributed by atoms with Gasteiger partial charge in [-0.15, -0.1) is 0 Å². The highest BCUT2D eigenvalue weighted by molar-refractivity contribution is 6.01. The Kier molecular flexibility index (Phi) is 12.9. The molecule has 0 fully saturated rings. The summed E-state index contributed by atoms with van der Waals surface area (Å²) in [5, 5.41) is 12.1. The SMILES string of the molecule is NCCNC(=O)c1ccccc1-c1cccc(CN(Cc2cccc3ccccc23)C(=O)COc2ccccc2C(N)=O)c1.O=C(O)C(F)(F)F. The summed E-state index contributed by atoms with van der Waals surface area (Å²) in [5.41, 5.74) is 15.3. The minimum absolute atomic E-state index is 0.197. The van der Waals surface area contributed by atoms with E-state index in [0.29, 0.717) is 25.2 Å². The second-order valence-electron chi connectivity index (χ2n) is 11.1. The molecule has 0 radical (unpaired) electrons. The van der Waals surface area contributed by atoms with Gasteiger partial charge >= 0.3 is 12.1 Å². The van der Waals surface area contributed by atoms with E-state index in [0.717, 1.165) is 33.0 Å². The number of benzene rings is 5. The second kappa shape index (κ2) is 17.4. The Hall–Kier alpha value is -6.21. The fourth-order valence-electron chi connectivity index (χ4n) is 5.17. The van der Waals surface area contributed by atoms with Gasteiger partial charge in [-0.1, -0.05) is 91.0 Å². The molecule has 0 spiro atoms. The fraction of sp³-hybridized carbons (Fsp3) is 0.158. The molecule has 0 saturated carbocycles. The van der Waals surface area contributed by atoms with Crippen LogP contribution in [0.1, 0.15) is 31.8 Å². The zero-order valence-corrected chi connectivity index (χ0v) is 27.2. The van der Waals surface area contributed by atoms with Crippen LogP contribution in [0.2, 0.25) is 0 Å². The molecular weight excluding hydrogens is 665 g/mol. The predicted molar refractivity (Wildman–Crippen MR) is 186 cm³/mol. The van der Waals surface area contributed by atoms with Crippen LogP contribution in [0.4, 0.5) is 13.2 Å². The lowest BCUT2D eigenvalue weighted by atomic mass is 9.97. The molecule has 0 atom stereocenters. The normalized spacial score (nSPS) is 10.8. The summed E-state index contributed by atoms with van der Waals surface area (Å²) in [5.74, 6) is -3.59. The van der Waals surface area contributed by atoms with E-state index in [1.807, 2.05) is 84.9 Å². The van der Waals surface area contributed by atoms with E-state index in [-0.39, 0.29) is 36.3 Å². The van der Waals surface area contributed by atoms with Crippen molar-refractivity contribution in [2.45, 2.75) is 19.3 Å². The van der Waals surface area contributed by atoms with Crippen molar-refractivity contribution >= 4 is 34.5 Å². The van der Waals surface area contributed by atoms with Gasteiger partial charge in [0.1, 0.15) is 5.75 Å². The van der Waals surface area contributed by atoms with Gasteiger partial charge in [0, 0.05) is 31.7 Å². The number of amides is 3. The molecule has 5 aromatic carbocycles. The number of fused-ring (bicyclic) bond motifs is 1. The predicted octanol–water partition coefficient (Wildman–Crippen LogP) is 5.54. The van der Waals surface area contributed by atoms with Crippen LogP contribution in [0, 0.1) is 0 Å². The average molecular weight is 701 g/mol. The molecule has 0 aliphatic heterocycles. The number of primary amides is 1. The van der Waals surface area contributed by atoms with E-state index < -0.39 is 18.1 Å². The number of rotatable bonds is 12. The van der Waals surface area contributed by atoms with E-state index in [2.05, 4.69) is 5.32 Å². The van der Waals surface area contributed by atoms with Crippen molar-refractivity contribution in [3.8, 4) is 16.9 Å². The molecule has 5 rings (SSSR count). The first kappa shape index (κ1) is 37.6. The largest absolute Gasteiger partial charge is 0.490 e. The topological polar surface area (TPSA) is 165 Å². The molecule has 0 bridgehead atoms. The lowest BCUT2D eigenvalue weighted by Gasteiger charge is -2.24. The molecule has 6 N–H and O–H groups in total. The number of carbonyl (C=O) groups is 4. The maximum atomic E-state index is 13.8. The van der Waals surface area contributed by atoms with Crippen molar-refractivity contribution in [2.24, 2.45) is 11.5 Å². The Balaban J connectivity index is 0.000000755. The minimum atomic E-state index is -5.08. The quantitative estimate of drug-likeness (QED) is 0.133. The minimum Gasteiger partial charge on any atom is -0.483 e. The number of hydrogen-bond acceptors (Lipinski definition) is 6. The molecule has 0 saturated heterocycles. The number of alkyl halides is 3. The number of nitrogens with one attached hydrogen (secondary N) is 1. The number of nitrogens with zero attached hydrogens (tertiary/aromatic N) is 1. The summed E-state index contributed by atoms with van der Waals surface area (Å²) in [6.07, 6.45) is -5.08. The number of carbonyl (C=O) groups excluding carboxylic acids is 3. The standard InChI is InChI=1S/C36H34N4O4.C2HF3O2/c37-19-20-39-36(43)31-16-4-3-15-30(31)27-12-7-9-25(21-27)22-40(23-28-13-8-11-26-10-1-2-14-29(26)28)34(41)24-44-33-18-6-5-17-32(33)35(38)42;3-2(4,5)1(6)7/h1-18,21H,19-20,22-24,37H2,(H2,38,42)(H,39,43);(H,6,7). The van der Waals surface area contributed by atoms with Crippen molar-refractivity contribution in [3.63, 3.8) is 0 Å². The molecule has 0 aliphatic carbocycles. The van der Waals surface area contributed by atoms with Gasteiger partial charge < -0.3 is 31.5 Å². The number of para-hydroxylation sites is 1. The summed E-state index contributed by atoms with van der Waals surface area (Å²) >= 11 is 0. The number of halogens is 3. The van der Waals surface area contributed by atoms with Gasteiger partial charge in [-0.05, 0) is 57.3 Å². The van der Waals surface area contributed by atoms with Crippen molar-refractivity contribution in [1.29, 1.82) is 0 Å². The van der Waals surface area contributed by atoms with E-state index >= 15 is 0 Å². The summed E-state index contributed by atoms with van der Waals surface area (Å²) in [7, 11) is 0. The third kappa shape index (κ3) is 10.4. The third-order valence-electron chi connectivity index (χ3n) is 7.55. The molecular formula is C38H35F3N4O6. The summed E-state index contributed by atoms with van der Waals surface area (Å²) in [4.78, 5) is 49.1. The van der Waals surface area contributed by atoms with Crippen LogP contribution in [0.3, 0.4) is 0 Å². The monoisotopic (exact) mass is 700 g/mol. The van der Waals surface area contributed by atoms with E-state index in [1.165, 1.54) is 0 Å². The lowest BCUT2D eigenvalue weighted by Crippen LogP contribution is -2.34. The van der Waals surface area contributed by atoms with E-state index in [9.17, 15) is 27.6 Å². The third-order valence-corrected chi connectivity index (χ3v) is 7.55. The zero-order valence-electron chi connectivity index (χ0n) is 27.2. The summed E-state index contributed by atoms with van der Waals surface area (Å²) in [6.45, 7) is 1.08. The van der Waals surface area contributed by atoms with Gasteiger partial charge in [-0.3, -0.25) is 14.4 Å². The van der Waals surface area contributed by atoms with Crippen molar-refractivity contribution in [2.75, 3.05) is 19.7 Å². The highest BCUT2D eigenvalue weighted by atomic mass is 19.4. The Morgan fingerprint density at radius 1 is 0.784 bits per heavy atom. The molecule has 5 aromatic rings. The molecule has 0 heterocycles. The van der Waals surface area contributed by atoms with Gasteiger partial charge in [0.25, 0.3) is 17.7 Å². The summed E-state index contributed by atoms with van der Waals surface area (Å²) < 4.78 is 37.6. The number of carboxylic acids is 1. The Labute approximate surface area is 291 Å². The van der Waals surface area contributed by atoms with Gasteiger partial charge in [0.15, 0.2) is 6.61 Å². The Bertz CT molecular complexity index is 2010. The number of aliphatic carboxylic acids is 1. The van der Waals surface area contributed by atoms with Crippen LogP contribution >= 0.6 is 0 Å². The molecule has 0 aromatic heterocycles. The van der Waals surface area contributed by atoms with E-state index in [1.54, 1.807) is 35.2 Å². The van der Waals surface area contributed by atoms with Crippen LogP contribution in [0.15, 0.2) is 115 Å². The highest BCUT2D eigenvalue weighted by Crippen LogP contribution is 2.27. The number of nitrogens with two attached hydrogens (primary N) is 2. The lowest BCUT2D eigenvalue weighted by molar-refractivity contribution is -0.192. The van der Waals surface area contributed by atoms with Crippen LogP contribution in [-0.4, -0.2) is 59.6 Å². The Morgan fingerprint density at radius 3 is 2.12 bits per heavy atom. The van der Waals surface area contributed by atoms with Gasteiger partial charge in [-0.25, -0.2) is 4.79 Å². The molecule has 264 valence electrons. The molecule has 13 heteroatoms. The number of ether oxygens (including phenoxy) is 1. The van der Waals surface area contributed by atoms with Crippen molar-refractivity contribution in [1.82, 2.24) is 10.2 Å². The van der Waals surface area contributed by atoms with Gasteiger partial charge in [0.05, 0.1) is 5.56 Å². The zero-order chi connectivity index (χ0) is 37.0. The van der Waals surface area contributed by atoms with Crippen LogP contribution in [-0.2, 0) is 22.7 Å². The fourth-order valence-corrected chi connectivity index (χ4v) is 5.17. The molecule has 0 unspecified atom stereocenters. The molecule has 51 heavy (non-hydrogen) atoms. The molecule has 10 nitrogen and oxygen atoms in total. The van der Waals surface area contributed by atoms with Gasteiger partial charge in [-0.2, -0.15) is 13.2 Å². The maximum Gasteiger partial charge on any atom is 0.490 e. The van der Waals surface area contributed by atoms with Crippen LogP contribution in [0.5, 0.6) is 5.75 Å². The highest BCUT2D eigenvalue weighted by Gasteiger charge is 2.38. The first-order valence-corrected chi connectivity index (χ1v) is 15.6. The number of hydrogen-bond donors (Lipinski definition) is 4. The maximum absolute atomic E-state index is 13.8. The Morgan fingerprint density at radius 2 is 1.41 bits per heavy atom. The van der Waals surface area contributed by atoms with Crippen molar-refractivity contribution in [3.05, 3.63) is 138 Å². The van der Waals surface area contributed by atoms with E-state index in [4.69, 9.17) is 26.1 Å². The molecule has 0 aliphatic rings. The van der Waals surface area contributed by atoms with Crippen LogP contribution in [0.25, 0.3) is 21.9 Å². The average Bonchev–Trinajstić information content (AvgIpc) is 3.12. The molecule has 3 amide bonds. The van der Waals surface area contributed by atoms with Crippen LogP contribution < -0.4 is 21.5 Å². The van der Waals surface area contributed by atoms with Crippen molar-refractivity contribution < 1.29 is 42.2 Å². The number of carboxylic acid groups (broad SMARTS) is 1. The first-order valence-electron chi connectivity index (χ1n) is 15.6. The summed E-state index contributed by atoms with van der Waals surface area (Å²) in [6, 6.07) is 35.9.